The fraction of sp³-hybridized carbons (Fsp3) is 0.450. The summed E-state index contributed by atoms with van der Waals surface area (Å²) in [5, 5.41) is 10.2. The maximum absolute atomic E-state index is 12.5. The molecule has 0 fully saturated rings. The van der Waals surface area contributed by atoms with E-state index in [1.54, 1.807) is 0 Å². The molecule has 0 bridgehead atoms. The summed E-state index contributed by atoms with van der Waals surface area (Å²) in [6, 6.07) is 7.79. The molecule has 0 aliphatic heterocycles. The third kappa shape index (κ3) is 5.64. The molecule has 25 heavy (non-hydrogen) atoms. The second-order valence-corrected chi connectivity index (χ2v) is 6.86. The van der Waals surface area contributed by atoms with Crippen molar-refractivity contribution in [2.75, 3.05) is 27.2 Å². The number of Topliss-reactive ketones (excluding diaryl/α,β-unsaturated/α-hetero) is 2. The third-order valence-corrected chi connectivity index (χ3v) is 4.33. The molecule has 0 amide bonds. The Labute approximate surface area is 149 Å². The highest BCUT2D eigenvalue weighted by atomic mass is 16.3. The number of hydrogen-bond acceptors (Lipinski definition) is 5. The Bertz CT molecular complexity index is 687. The standard InChI is InChI=1S/C20H26N2O3/c1-14-4-6-15(7-5-14)10-18(23)16-11-19(24)17(20(25)12-16)13-21-8-9-22(2)3/h4-7,13,16,24H,8-12H2,1-3H3. The normalized spacial score (nSPS) is 18.4. The second kappa shape index (κ2) is 8.72. The molecule has 1 aliphatic carbocycles. The number of rotatable bonds is 7. The van der Waals surface area contributed by atoms with Gasteiger partial charge in [-0.1, -0.05) is 29.8 Å². The fourth-order valence-electron chi connectivity index (χ4n) is 2.75. The number of aliphatic imine (C=N–C) groups is 1. The minimum atomic E-state index is -0.451. The van der Waals surface area contributed by atoms with Gasteiger partial charge in [-0.3, -0.25) is 14.6 Å². The average molecular weight is 342 g/mol. The van der Waals surface area contributed by atoms with Gasteiger partial charge in [-0.2, -0.15) is 0 Å². The number of carbonyl (C=O) groups excluding carboxylic acids is 2. The molecule has 0 radical (unpaired) electrons. The zero-order valence-electron chi connectivity index (χ0n) is 15.2. The smallest absolute Gasteiger partial charge is 0.168 e. The number of aliphatic hydroxyl groups excluding tert-OH is 1. The van der Waals surface area contributed by atoms with Crippen LogP contribution >= 0.6 is 0 Å². The quantitative estimate of drug-likeness (QED) is 0.773. The number of ketones is 2. The minimum Gasteiger partial charge on any atom is -0.511 e. The van der Waals surface area contributed by atoms with E-state index in [0.717, 1.165) is 17.7 Å². The minimum absolute atomic E-state index is 0.00708. The first-order valence-electron chi connectivity index (χ1n) is 8.55. The fourth-order valence-corrected chi connectivity index (χ4v) is 2.75. The van der Waals surface area contributed by atoms with Crippen molar-refractivity contribution in [3.05, 3.63) is 46.7 Å². The van der Waals surface area contributed by atoms with Gasteiger partial charge in [0.25, 0.3) is 0 Å². The van der Waals surface area contributed by atoms with Crippen molar-refractivity contribution < 1.29 is 14.7 Å². The zero-order valence-corrected chi connectivity index (χ0v) is 15.2. The number of carbonyl (C=O) groups is 2. The van der Waals surface area contributed by atoms with Crippen molar-refractivity contribution in [3.63, 3.8) is 0 Å². The Morgan fingerprint density at radius 2 is 1.96 bits per heavy atom. The van der Waals surface area contributed by atoms with Crippen molar-refractivity contribution in [1.82, 2.24) is 4.90 Å². The summed E-state index contributed by atoms with van der Waals surface area (Å²) in [5.74, 6) is -0.688. The van der Waals surface area contributed by atoms with E-state index in [1.165, 1.54) is 6.21 Å². The van der Waals surface area contributed by atoms with Gasteiger partial charge in [0.2, 0.25) is 0 Å². The highest BCUT2D eigenvalue weighted by Gasteiger charge is 2.31. The van der Waals surface area contributed by atoms with Gasteiger partial charge in [0, 0.05) is 37.9 Å². The molecule has 1 atom stereocenters. The summed E-state index contributed by atoms with van der Waals surface area (Å²) in [7, 11) is 3.89. The van der Waals surface area contributed by atoms with Crippen LogP contribution in [0.15, 0.2) is 40.6 Å². The summed E-state index contributed by atoms with van der Waals surface area (Å²) in [5.41, 5.74) is 2.32. The Hall–Kier alpha value is -2.27. The molecular formula is C20H26N2O3. The molecule has 1 aromatic carbocycles. The number of aryl methyl sites for hydroxylation is 1. The third-order valence-electron chi connectivity index (χ3n) is 4.33. The monoisotopic (exact) mass is 342 g/mol. The summed E-state index contributed by atoms with van der Waals surface area (Å²) in [6.07, 6.45) is 2.09. The van der Waals surface area contributed by atoms with E-state index >= 15 is 0 Å². The summed E-state index contributed by atoms with van der Waals surface area (Å²) in [4.78, 5) is 30.9. The molecule has 0 saturated carbocycles. The van der Waals surface area contributed by atoms with Crippen LogP contribution in [0.3, 0.4) is 0 Å². The lowest BCUT2D eigenvalue weighted by molar-refractivity contribution is -0.127. The molecule has 1 aromatic rings. The van der Waals surface area contributed by atoms with Gasteiger partial charge in [-0.25, -0.2) is 0 Å². The molecule has 134 valence electrons. The van der Waals surface area contributed by atoms with Gasteiger partial charge in [0.15, 0.2) is 5.78 Å². The first kappa shape index (κ1) is 19.1. The van der Waals surface area contributed by atoms with Crippen molar-refractivity contribution in [1.29, 1.82) is 0 Å². The van der Waals surface area contributed by atoms with Gasteiger partial charge in [-0.05, 0) is 26.6 Å². The molecule has 0 aromatic heterocycles. The van der Waals surface area contributed by atoms with Gasteiger partial charge < -0.3 is 10.0 Å². The molecule has 0 spiro atoms. The SMILES string of the molecule is Cc1ccc(CC(=O)C2CC(=O)C(C=NCCN(C)C)=C(O)C2)cc1. The van der Waals surface area contributed by atoms with E-state index in [4.69, 9.17) is 0 Å². The lowest BCUT2D eigenvalue weighted by Gasteiger charge is -2.21. The lowest BCUT2D eigenvalue weighted by Crippen LogP contribution is -2.27. The Balaban J connectivity index is 1.98. The van der Waals surface area contributed by atoms with Gasteiger partial charge in [-0.15, -0.1) is 0 Å². The largest absolute Gasteiger partial charge is 0.511 e. The molecule has 0 heterocycles. The molecule has 5 heteroatoms. The summed E-state index contributed by atoms with van der Waals surface area (Å²) >= 11 is 0. The van der Waals surface area contributed by atoms with Crippen LogP contribution in [0.25, 0.3) is 0 Å². The van der Waals surface area contributed by atoms with Crippen LogP contribution < -0.4 is 0 Å². The van der Waals surface area contributed by atoms with E-state index in [9.17, 15) is 14.7 Å². The Morgan fingerprint density at radius 3 is 2.56 bits per heavy atom. The number of nitrogens with zero attached hydrogens (tertiary/aromatic N) is 2. The predicted octanol–water partition coefficient (Wildman–Crippen LogP) is 2.53. The maximum Gasteiger partial charge on any atom is 0.168 e. The molecule has 1 aliphatic rings. The number of aliphatic hydroxyl groups is 1. The Morgan fingerprint density at radius 1 is 1.28 bits per heavy atom. The van der Waals surface area contributed by atoms with Crippen LogP contribution in [-0.2, 0) is 16.0 Å². The van der Waals surface area contributed by atoms with Gasteiger partial charge in [0.05, 0.1) is 12.1 Å². The van der Waals surface area contributed by atoms with E-state index < -0.39 is 5.92 Å². The first-order valence-corrected chi connectivity index (χ1v) is 8.55. The van der Waals surface area contributed by atoms with Crippen molar-refractivity contribution in [2.24, 2.45) is 10.9 Å². The Kier molecular flexibility index (Phi) is 6.65. The van der Waals surface area contributed by atoms with Crippen molar-refractivity contribution >= 4 is 17.8 Å². The van der Waals surface area contributed by atoms with Crippen molar-refractivity contribution in [2.45, 2.75) is 26.2 Å². The highest BCUT2D eigenvalue weighted by Crippen LogP contribution is 2.26. The molecule has 2 rings (SSSR count). The summed E-state index contributed by atoms with van der Waals surface area (Å²) in [6.45, 7) is 3.33. The van der Waals surface area contributed by atoms with E-state index in [2.05, 4.69) is 4.99 Å². The molecule has 0 saturated heterocycles. The average Bonchev–Trinajstić information content (AvgIpc) is 2.55. The van der Waals surface area contributed by atoms with Crippen LogP contribution in [0.2, 0.25) is 0 Å². The number of benzene rings is 1. The molecule has 5 nitrogen and oxygen atoms in total. The van der Waals surface area contributed by atoms with E-state index in [-0.39, 0.29) is 42.2 Å². The lowest BCUT2D eigenvalue weighted by atomic mass is 9.83. The first-order chi connectivity index (χ1) is 11.9. The predicted molar refractivity (Wildman–Crippen MR) is 99.2 cm³/mol. The van der Waals surface area contributed by atoms with Crippen LogP contribution in [0.4, 0.5) is 0 Å². The van der Waals surface area contributed by atoms with Crippen LogP contribution in [0, 0.1) is 12.8 Å². The number of likely N-dealkylation sites (N-methyl/N-ethyl adjacent to an activating group) is 1. The van der Waals surface area contributed by atoms with E-state index in [0.29, 0.717) is 6.54 Å². The summed E-state index contributed by atoms with van der Waals surface area (Å²) < 4.78 is 0. The van der Waals surface area contributed by atoms with Gasteiger partial charge >= 0.3 is 0 Å². The molecule has 1 N–H and O–H groups in total. The van der Waals surface area contributed by atoms with Crippen LogP contribution in [0.1, 0.15) is 24.0 Å². The molecule has 1 unspecified atom stereocenters. The van der Waals surface area contributed by atoms with Crippen LogP contribution in [-0.4, -0.2) is 55.0 Å². The second-order valence-electron chi connectivity index (χ2n) is 6.86. The van der Waals surface area contributed by atoms with Crippen LogP contribution in [0.5, 0.6) is 0 Å². The number of hydrogen-bond donors (Lipinski definition) is 1. The van der Waals surface area contributed by atoms with Gasteiger partial charge in [0.1, 0.15) is 11.5 Å². The van der Waals surface area contributed by atoms with E-state index in [1.807, 2.05) is 50.2 Å². The molecular weight excluding hydrogens is 316 g/mol. The highest BCUT2D eigenvalue weighted by molar-refractivity contribution is 6.15. The number of allylic oxidation sites excluding steroid dienone is 2. The van der Waals surface area contributed by atoms with Crippen molar-refractivity contribution in [3.8, 4) is 0 Å². The maximum atomic E-state index is 12.5. The zero-order chi connectivity index (χ0) is 18.4. The topological polar surface area (TPSA) is 70.0 Å².